The Kier molecular flexibility index (Phi) is 6.72. The lowest BCUT2D eigenvalue weighted by molar-refractivity contribution is -0.137. The van der Waals surface area contributed by atoms with E-state index in [0.29, 0.717) is 29.0 Å². The molecule has 0 bridgehead atoms. The summed E-state index contributed by atoms with van der Waals surface area (Å²) in [6.45, 7) is 2.31. The van der Waals surface area contributed by atoms with Crippen molar-refractivity contribution in [2.75, 3.05) is 11.1 Å². The number of rotatable bonds is 6. The lowest BCUT2D eigenvalue weighted by Gasteiger charge is -2.15. The lowest BCUT2D eigenvalue weighted by atomic mass is 10.1. The summed E-state index contributed by atoms with van der Waals surface area (Å²) in [6, 6.07) is 10.1. The van der Waals surface area contributed by atoms with Gasteiger partial charge in [0, 0.05) is 6.54 Å². The number of amides is 1. The predicted octanol–water partition coefficient (Wildman–Crippen LogP) is 5.21. The first-order chi connectivity index (χ1) is 14.2. The van der Waals surface area contributed by atoms with Crippen molar-refractivity contribution < 1.29 is 18.0 Å². The second-order valence-corrected chi connectivity index (χ2v) is 7.72. The van der Waals surface area contributed by atoms with Crippen LogP contribution in [-0.2, 0) is 17.5 Å². The Hall–Kier alpha value is -2.52. The molecule has 3 aromatic rings. The minimum atomic E-state index is -4.66. The molecular formula is C20H17ClF3N3O2S. The van der Waals surface area contributed by atoms with Crippen molar-refractivity contribution in [1.82, 2.24) is 9.55 Å². The molecule has 1 aromatic heterocycles. The molecule has 0 spiro atoms. The van der Waals surface area contributed by atoms with E-state index in [1.165, 1.54) is 10.6 Å². The van der Waals surface area contributed by atoms with Gasteiger partial charge in [0.15, 0.2) is 5.16 Å². The van der Waals surface area contributed by atoms with Gasteiger partial charge in [-0.2, -0.15) is 13.2 Å². The van der Waals surface area contributed by atoms with Gasteiger partial charge < -0.3 is 5.32 Å². The molecule has 1 N–H and O–H groups in total. The van der Waals surface area contributed by atoms with Crippen molar-refractivity contribution in [3.63, 3.8) is 0 Å². The SMILES string of the molecule is CCCn1c(SCC(=O)Nc2c(Cl)cccc2C(F)(F)F)nc2ccccc2c1=O. The Morgan fingerprint density at radius 3 is 2.63 bits per heavy atom. The Morgan fingerprint density at radius 1 is 1.20 bits per heavy atom. The van der Waals surface area contributed by atoms with Crippen LogP contribution in [0.3, 0.4) is 0 Å². The molecule has 3 rings (SSSR count). The molecule has 0 aliphatic carbocycles. The fraction of sp³-hybridized carbons (Fsp3) is 0.250. The van der Waals surface area contributed by atoms with E-state index in [9.17, 15) is 22.8 Å². The maximum Gasteiger partial charge on any atom is 0.418 e. The molecule has 0 aliphatic heterocycles. The second kappa shape index (κ2) is 9.09. The number of alkyl halides is 3. The number of carbonyl (C=O) groups is 1. The molecule has 10 heteroatoms. The molecule has 2 aromatic carbocycles. The average Bonchev–Trinajstić information content (AvgIpc) is 2.69. The van der Waals surface area contributed by atoms with Gasteiger partial charge in [-0.05, 0) is 30.7 Å². The fourth-order valence-corrected chi connectivity index (χ4v) is 3.92. The maximum absolute atomic E-state index is 13.2. The number of halogens is 4. The monoisotopic (exact) mass is 455 g/mol. The second-order valence-electron chi connectivity index (χ2n) is 6.37. The van der Waals surface area contributed by atoms with Crippen LogP contribution in [0.25, 0.3) is 10.9 Å². The number of hydrogen-bond donors (Lipinski definition) is 1. The molecule has 0 atom stereocenters. The highest BCUT2D eigenvalue weighted by Crippen LogP contribution is 2.38. The number of benzene rings is 2. The van der Waals surface area contributed by atoms with E-state index >= 15 is 0 Å². The number of aromatic nitrogens is 2. The number of anilines is 1. The Labute approximate surface area is 179 Å². The van der Waals surface area contributed by atoms with Crippen LogP contribution in [0.2, 0.25) is 5.02 Å². The van der Waals surface area contributed by atoms with Gasteiger partial charge in [-0.25, -0.2) is 4.98 Å². The van der Waals surface area contributed by atoms with Crippen LogP contribution in [0.5, 0.6) is 0 Å². The van der Waals surface area contributed by atoms with Crippen LogP contribution in [0, 0.1) is 0 Å². The molecule has 0 aliphatic rings. The van der Waals surface area contributed by atoms with Gasteiger partial charge in [0.25, 0.3) is 5.56 Å². The van der Waals surface area contributed by atoms with E-state index in [0.717, 1.165) is 23.9 Å². The van der Waals surface area contributed by atoms with Gasteiger partial charge in [0.1, 0.15) is 0 Å². The maximum atomic E-state index is 13.2. The highest BCUT2D eigenvalue weighted by molar-refractivity contribution is 7.99. The third kappa shape index (κ3) is 4.79. The zero-order valence-corrected chi connectivity index (χ0v) is 17.4. The van der Waals surface area contributed by atoms with Gasteiger partial charge in [-0.1, -0.05) is 48.5 Å². The first-order valence-corrected chi connectivity index (χ1v) is 10.4. The molecule has 0 unspecified atom stereocenters. The summed E-state index contributed by atoms with van der Waals surface area (Å²) in [5.74, 6) is -0.930. The van der Waals surface area contributed by atoms with Crippen molar-refractivity contribution in [2.24, 2.45) is 0 Å². The number of fused-ring (bicyclic) bond motifs is 1. The van der Waals surface area contributed by atoms with Crippen molar-refractivity contribution >= 4 is 45.9 Å². The van der Waals surface area contributed by atoms with Crippen LogP contribution in [0.4, 0.5) is 18.9 Å². The first-order valence-electron chi connectivity index (χ1n) is 9.00. The number of nitrogens with zero attached hydrogens (tertiary/aromatic N) is 2. The first kappa shape index (κ1) is 22.2. The minimum absolute atomic E-state index is 0.213. The van der Waals surface area contributed by atoms with Gasteiger partial charge in [0.2, 0.25) is 5.91 Å². The average molecular weight is 456 g/mol. The molecule has 0 saturated heterocycles. The van der Waals surface area contributed by atoms with E-state index in [1.807, 2.05) is 6.92 Å². The van der Waals surface area contributed by atoms with Gasteiger partial charge >= 0.3 is 6.18 Å². The zero-order chi connectivity index (χ0) is 21.9. The van der Waals surface area contributed by atoms with E-state index in [2.05, 4.69) is 10.3 Å². The number of para-hydroxylation sites is 2. The predicted molar refractivity (Wildman–Crippen MR) is 112 cm³/mol. The van der Waals surface area contributed by atoms with Crippen LogP contribution in [0.1, 0.15) is 18.9 Å². The summed E-state index contributed by atoms with van der Waals surface area (Å²) in [6.07, 6.45) is -3.99. The number of thioether (sulfide) groups is 1. The van der Waals surface area contributed by atoms with Crippen LogP contribution in [0.15, 0.2) is 52.4 Å². The summed E-state index contributed by atoms with van der Waals surface area (Å²) < 4.78 is 41.1. The Morgan fingerprint density at radius 2 is 1.93 bits per heavy atom. The van der Waals surface area contributed by atoms with Crippen molar-refractivity contribution in [3.8, 4) is 0 Å². The minimum Gasteiger partial charge on any atom is -0.324 e. The molecule has 0 fully saturated rings. The van der Waals surface area contributed by atoms with E-state index < -0.39 is 23.3 Å². The number of hydrogen-bond acceptors (Lipinski definition) is 4. The third-order valence-electron chi connectivity index (χ3n) is 4.19. The summed E-state index contributed by atoms with van der Waals surface area (Å²) in [5.41, 5.74) is -1.26. The highest BCUT2D eigenvalue weighted by atomic mass is 35.5. The molecular weight excluding hydrogens is 439 g/mol. The van der Waals surface area contributed by atoms with Crippen molar-refractivity contribution in [2.45, 2.75) is 31.2 Å². The fourth-order valence-electron chi connectivity index (χ4n) is 2.87. The third-order valence-corrected chi connectivity index (χ3v) is 5.48. The molecule has 0 saturated carbocycles. The molecule has 1 heterocycles. The van der Waals surface area contributed by atoms with Crippen LogP contribution < -0.4 is 10.9 Å². The van der Waals surface area contributed by atoms with Crippen LogP contribution in [-0.4, -0.2) is 21.2 Å². The Balaban J connectivity index is 1.85. The van der Waals surface area contributed by atoms with Crippen molar-refractivity contribution in [1.29, 1.82) is 0 Å². The van der Waals surface area contributed by atoms with E-state index in [4.69, 9.17) is 11.6 Å². The normalized spacial score (nSPS) is 11.6. The smallest absolute Gasteiger partial charge is 0.324 e. The molecule has 158 valence electrons. The lowest BCUT2D eigenvalue weighted by Crippen LogP contribution is -2.24. The largest absolute Gasteiger partial charge is 0.418 e. The van der Waals surface area contributed by atoms with Crippen LogP contribution >= 0.6 is 23.4 Å². The van der Waals surface area contributed by atoms with Gasteiger partial charge in [-0.3, -0.25) is 14.2 Å². The Bertz CT molecular complexity index is 1150. The topological polar surface area (TPSA) is 64.0 Å². The highest BCUT2D eigenvalue weighted by Gasteiger charge is 2.34. The molecule has 0 radical (unpaired) electrons. The quantitative estimate of drug-likeness (QED) is 0.409. The number of nitrogens with one attached hydrogen (secondary N) is 1. The van der Waals surface area contributed by atoms with E-state index in [-0.39, 0.29) is 16.3 Å². The van der Waals surface area contributed by atoms with Gasteiger partial charge in [0.05, 0.1) is 32.9 Å². The summed E-state index contributed by atoms with van der Waals surface area (Å²) >= 11 is 6.85. The zero-order valence-electron chi connectivity index (χ0n) is 15.8. The summed E-state index contributed by atoms with van der Waals surface area (Å²) in [4.78, 5) is 29.6. The number of carbonyl (C=O) groups excluding carboxylic acids is 1. The molecule has 5 nitrogen and oxygen atoms in total. The molecule has 1 amide bonds. The van der Waals surface area contributed by atoms with E-state index in [1.54, 1.807) is 24.3 Å². The standard InChI is InChI=1S/C20H17ClF3N3O2S/c1-2-10-27-18(29)12-6-3-4-9-15(12)25-19(27)30-11-16(28)26-17-13(20(22,23)24)7-5-8-14(17)21/h3-9H,2,10-11H2,1H3,(H,26,28). The summed E-state index contributed by atoms with van der Waals surface area (Å²) in [5, 5.41) is 2.81. The van der Waals surface area contributed by atoms with Gasteiger partial charge in [-0.15, -0.1) is 0 Å². The summed E-state index contributed by atoms with van der Waals surface area (Å²) in [7, 11) is 0. The van der Waals surface area contributed by atoms with Crippen molar-refractivity contribution in [3.05, 3.63) is 63.4 Å². The molecule has 30 heavy (non-hydrogen) atoms.